The Morgan fingerprint density at radius 1 is 1.40 bits per heavy atom. The minimum atomic E-state index is -0.459. The lowest BCUT2D eigenvalue weighted by atomic mass is 9.98. The fraction of sp³-hybridized carbons (Fsp3) is 0.571. The molecule has 0 amide bonds. The summed E-state index contributed by atoms with van der Waals surface area (Å²) in [4.78, 5) is 12.7. The highest BCUT2D eigenvalue weighted by Gasteiger charge is 2.19. The third-order valence-corrected chi connectivity index (χ3v) is 3.67. The molecule has 20 heavy (non-hydrogen) atoms. The van der Waals surface area contributed by atoms with E-state index in [1.807, 2.05) is 0 Å². The Morgan fingerprint density at radius 2 is 2.10 bits per heavy atom. The minimum absolute atomic E-state index is 0.0425. The monoisotopic (exact) mass is 280 g/mol. The van der Waals surface area contributed by atoms with Gasteiger partial charge in [-0.25, -0.2) is 0 Å². The van der Waals surface area contributed by atoms with Gasteiger partial charge in [0.25, 0.3) is 0 Å². The number of likely N-dealkylation sites (tertiary alicyclic amines) is 1. The van der Waals surface area contributed by atoms with Crippen molar-refractivity contribution >= 4 is 5.69 Å². The second-order valence-corrected chi connectivity index (χ2v) is 5.15. The second kappa shape index (κ2) is 6.56. The molecule has 1 aliphatic heterocycles. The molecular formula is C14H20N2O4. The Labute approximate surface area is 118 Å². The average molecular weight is 280 g/mol. The molecule has 6 nitrogen and oxygen atoms in total. The summed E-state index contributed by atoms with van der Waals surface area (Å²) >= 11 is 0. The third kappa shape index (κ3) is 3.60. The molecule has 1 aliphatic rings. The van der Waals surface area contributed by atoms with Gasteiger partial charge in [0.05, 0.1) is 18.6 Å². The van der Waals surface area contributed by atoms with E-state index in [0.29, 0.717) is 18.3 Å². The molecule has 0 spiro atoms. The summed E-state index contributed by atoms with van der Waals surface area (Å²) in [5.74, 6) is 1.40. The molecule has 0 aromatic heterocycles. The number of piperidine rings is 1. The number of methoxy groups -OCH3 is 1. The number of hydrogen-bond donors (Lipinski definition) is 0. The number of hydrogen-bond acceptors (Lipinski definition) is 5. The summed E-state index contributed by atoms with van der Waals surface area (Å²) in [7, 11) is 3.54. The maximum Gasteiger partial charge on any atom is 0.311 e. The molecular weight excluding hydrogens is 260 g/mol. The van der Waals surface area contributed by atoms with Crippen LogP contribution in [0.3, 0.4) is 0 Å². The van der Waals surface area contributed by atoms with Crippen LogP contribution in [0.5, 0.6) is 11.5 Å². The van der Waals surface area contributed by atoms with Crippen LogP contribution in [0.4, 0.5) is 5.69 Å². The molecule has 1 aromatic carbocycles. The zero-order chi connectivity index (χ0) is 14.5. The average Bonchev–Trinajstić information content (AvgIpc) is 2.46. The fourth-order valence-electron chi connectivity index (χ4n) is 2.34. The van der Waals surface area contributed by atoms with Crippen LogP contribution < -0.4 is 9.47 Å². The van der Waals surface area contributed by atoms with Crippen molar-refractivity contribution in [2.75, 3.05) is 33.9 Å². The van der Waals surface area contributed by atoms with Crippen molar-refractivity contribution in [1.29, 1.82) is 0 Å². The molecule has 110 valence electrons. The van der Waals surface area contributed by atoms with Gasteiger partial charge >= 0.3 is 5.69 Å². The first-order valence-corrected chi connectivity index (χ1v) is 6.74. The van der Waals surface area contributed by atoms with Crippen LogP contribution in [0.2, 0.25) is 0 Å². The molecule has 2 rings (SSSR count). The van der Waals surface area contributed by atoms with E-state index in [2.05, 4.69) is 11.9 Å². The molecule has 1 heterocycles. The van der Waals surface area contributed by atoms with Crippen LogP contribution in [0, 0.1) is 16.0 Å². The summed E-state index contributed by atoms with van der Waals surface area (Å²) in [6.45, 7) is 2.84. The molecule has 0 N–H and O–H groups in total. The fourth-order valence-corrected chi connectivity index (χ4v) is 2.34. The lowest BCUT2D eigenvalue weighted by molar-refractivity contribution is -0.385. The van der Waals surface area contributed by atoms with Crippen LogP contribution in [-0.4, -0.2) is 43.7 Å². The summed E-state index contributed by atoms with van der Waals surface area (Å²) in [5, 5.41) is 10.8. The van der Waals surface area contributed by atoms with Gasteiger partial charge in [0, 0.05) is 12.1 Å². The van der Waals surface area contributed by atoms with E-state index < -0.39 is 4.92 Å². The second-order valence-electron chi connectivity index (χ2n) is 5.15. The van der Waals surface area contributed by atoms with Gasteiger partial charge in [-0.05, 0) is 45.0 Å². The highest BCUT2D eigenvalue weighted by atomic mass is 16.6. The van der Waals surface area contributed by atoms with E-state index in [-0.39, 0.29) is 11.4 Å². The molecule has 1 saturated heterocycles. The molecule has 1 fully saturated rings. The lowest BCUT2D eigenvalue weighted by Gasteiger charge is -2.28. The highest BCUT2D eigenvalue weighted by molar-refractivity contribution is 5.50. The van der Waals surface area contributed by atoms with E-state index in [1.54, 1.807) is 12.1 Å². The Morgan fingerprint density at radius 3 is 2.70 bits per heavy atom. The van der Waals surface area contributed by atoms with Crippen molar-refractivity contribution in [2.45, 2.75) is 12.8 Å². The summed E-state index contributed by atoms with van der Waals surface area (Å²) < 4.78 is 10.8. The maximum atomic E-state index is 10.8. The van der Waals surface area contributed by atoms with Crippen LogP contribution >= 0.6 is 0 Å². The van der Waals surface area contributed by atoms with Gasteiger partial charge in [-0.1, -0.05) is 0 Å². The molecule has 0 atom stereocenters. The topological polar surface area (TPSA) is 64.8 Å². The van der Waals surface area contributed by atoms with Crippen molar-refractivity contribution < 1.29 is 14.4 Å². The van der Waals surface area contributed by atoms with Gasteiger partial charge in [0.1, 0.15) is 5.75 Å². The Kier molecular flexibility index (Phi) is 4.79. The maximum absolute atomic E-state index is 10.8. The van der Waals surface area contributed by atoms with Crippen LogP contribution in [0.1, 0.15) is 12.8 Å². The van der Waals surface area contributed by atoms with Gasteiger partial charge < -0.3 is 14.4 Å². The molecule has 0 radical (unpaired) electrons. The predicted octanol–water partition coefficient (Wildman–Crippen LogP) is 2.32. The standard InChI is InChI=1S/C14H20N2O4/c1-15-7-5-11(6-8-15)10-20-12-3-4-13(16(17)18)14(9-12)19-2/h3-4,9,11H,5-8,10H2,1-2H3. The summed E-state index contributed by atoms with van der Waals surface area (Å²) in [6.07, 6.45) is 2.25. The molecule has 0 saturated carbocycles. The zero-order valence-electron chi connectivity index (χ0n) is 11.9. The Bertz CT molecular complexity index is 470. The van der Waals surface area contributed by atoms with Gasteiger partial charge in [-0.2, -0.15) is 0 Å². The molecule has 0 unspecified atom stereocenters. The van der Waals surface area contributed by atoms with E-state index in [9.17, 15) is 10.1 Å². The van der Waals surface area contributed by atoms with Crippen LogP contribution in [0.25, 0.3) is 0 Å². The predicted molar refractivity (Wildman–Crippen MR) is 75.4 cm³/mol. The number of nitrogens with zero attached hydrogens (tertiary/aromatic N) is 2. The summed E-state index contributed by atoms with van der Waals surface area (Å²) in [6, 6.07) is 4.62. The van der Waals surface area contributed by atoms with Gasteiger partial charge in [0.2, 0.25) is 5.75 Å². The Balaban J connectivity index is 1.94. The first-order chi connectivity index (χ1) is 9.60. The first-order valence-electron chi connectivity index (χ1n) is 6.74. The quantitative estimate of drug-likeness (QED) is 0.611. The van der Waals surface area contributed by atoms with E-state index in [0.717, 1.165) is 25.9 Å². The smallest absolute Gasteiger partial charge is 0.311 e. The number of benzene rings is 1. The first kappa shape index (κ1) is 14.6. The minimum Gasteiger partial charge on any atom is -0.493 e. The number of nitro benzene ring substituents is 1. The van der Waals surface area contributed by atoms with Crippen molar-refractivity contribution in [1.82, 2.24) is 4.90 Å². The van der Waals surface area contributed by atoms with Crippen LogP contribution in [0.15, 0.2) is 18.2 Å². The largest absolute Gasteiger partial charge is 0.493 e. The third-order valence-electron chi connectivity index (χ3n) is 3.67. The van der Waals surface area contributed by atoms with Crippen LogP contribution in [-0.2, 0) is 0 Å². The van der Waals surface area contributed by atoms with Gasteiger partial charge in [-0.3, -0.25) is 10.1 Å². The number of nitro groups is 1. The van der Waals surface area contributed by atoms with Gasteiger partial charge in [0.15, 0.2) is 0 Å². The molecule has 0 aliphatic carbocycles. The van der Waals surface area contributed by atoms with Crippen molar-refractivity contribution in [3.63, 3.8) is 0 Å². The van der Waals surface area contributed by atoms with Crippen molar-refractivity contribution in [3.05, 3.63) is 28.3 Å². The van der Waals surface area contributed by atoms with Gasteiger partial charge in [-0.15, -0.1) is 0 Å². The number of rotatable bonds is 5. The SMILES string of the molecule is COc1cc(OCC2CCN(C)CC2)ccc1[N+](=O)[O-]. The van der Waals surface area contributed by atoms with E-state index in [1.165, 1.54) is 13.2 Å². The van der Waals surface area contributed by atoms with E-state index in [4.69, 9.17) is 9.47 Å². The highest BCUT2D eigenvalue weighted by Crippen LogP contribution is 2.31. The zero-order valence-corrected chi connectivity index (χ0v) is 11.9. The van der Waals surface area contributed by atoms with Crippen molar-refractivity contribution in [3.8, 4) is 11.5 Å². The number of ether oxygens (including phenoxy) is 2. The molecule has 0 bridgehead atoms. The molecule has 1 aromatic rings. The molecule has 6 heteroatoms. The normalized spacial score (nSPS) is 16.9. The lowest BCUT2D eigenvalue weighted by Crippen LogP contribution is -2.32. The summed E-state index contributed by atoms with van der Waals surface area (Å²) in [5.41, 5.74) is -0.0425. The Hall–Kier alpha value is -1.82. The van der Waals surface area contributed by atoms with E-state index >= 15 is 0 Å². The van der Waals surface area contributed by atoms with Crippen molar-refractivity contribution in [2.24, 2.45) is 5.92 Å².